The molecule has 0 aromatic heterocycles. The van der Waals surface area contributed by atoms with Crippen molar-refractivity contribution < 1.29 is 15.0 Å². The number of aliphatic hydroxyl groups is 2. The molecule has 0 aromatic rings. The Bertz CT molecular complexity index is 367. The molecular weight excluding hydrogens is 204 g/mol. The predicted octanol–water partition coefficient (Wildman–Crippen LogP) is 1.13. The number of hydrogen-bond donors (Lipinski definition) is 2. The molecule has 2 aliphatic carbocycles. The lowest BCUT2D eigenvalue weighted by molar-refractivity contribution is -0.144. The van der Waals surface area contributed by atoms with Crippen molar-refractivity contribution in [2.45, 2.75) is 31.0 Å². The van der Waals surface area contributed by atoms with Crippen LogP contribution in [0.3, 0.4) is 0 Å². The fourth-order valence-electron chi connectivity index (χ4n) is 2.31. The Labute approximate surface area is 94.8 Å². The van der Waals surface area contributed by atoms with Gasteiger partial charge in [-0.3, -0.25) is 4.79 Å². The Balaban J connectivity index is 2.38. The molecule has 1 fully saturated rings. The summed E-state index contributed by atoms with van der Waals surface area (Å²) in [6.45, 7) is 0. The smallest absolute Gasteiger partial charge is 0.174 e. The molecule has 2 N–H and O–H groups in total. The minimum absolute atomic E-state index is 0.262. The van der Waals surface area contributed by atoms with Gasteiger partial charge in [0.2, 0.25) is 0 Å². The average Bonchev–Trinajstić information content (AvgIpc) is 2.25. The molecule has 2 aliphatic rings. The number of fused-ring (bicyclic) bond motifs is 2. The van der Waals surface area contributed by atoms with E-state index in [2.05, 4.69) is 0 Å². The van der Waals surface area contributed by atoms with E-state index in [4.69, 9.17) is 0 Å². The lowest BCUT2D eigenvalue weighted by atomic mass is 9.74. The molecule has 3 unspecified atom stereocenters. The van der Waals surface area contributed by atoms with E-state index >= 15 is 0 Å². The van der Waals surface area contributed by atoms with E-state index in [1.165, 1.54) is 6.08 Å². The number of aliphatic hydroxyl groups excluding tert-OH is 1. The largest absolute Gasteiger partial charge is 0.388 e. The van der Waals surface area contributed by atoms with Crippen molar-refractivity contribution in [3.8, 4) is 0 Å². The number of carbonyl (C=O) groups is 1. The maximum Gasteiger partial charge on any atom is 0.174 e. The number of carbonyl (C=O) groups excluding carboxylic acids is 1. The first-order valence-electron chi connectivity index (χ1n) is 5.61. The molecule has 2 bridgehead atoms. The Hall–Kier alpha value is -1.19. The normalized spacial score (nSPS) is 44.8. The van der Waals surface area contributed by atoms with E-state index in [-0.39, 0.29) is 5.78 Å². The van der Waals surface area contributed by atoms with Crippen LogP contribution in [0, 0.1) is 5.92 Å². The van der Waals surface area contributed by atoms with Gasteiger partial charge >= 0.3 is 0 Å². The quantitative estimate of drug-likeness (QED) is 0.643. The number of ketones is 1. The zero-order chi connectivity index (χ0) is 11.6. The van der Waals surface area contributed by atoms with Crippen LogP contribution in [0.5, 0.6) is 0 Å². The summed E-state index contributed by atoms with van der Waals surface area (Å²) in [5.74, 6) is -0.742. The van der Waals surface area contributed by atoms with Crippen LogP contribution in [-0.2, 0) is 4.79 Å². The molecular formula is C13H16O3. The first kappa shape index (κ1) is 11.3. The van der Waals surface area contributed by atoms with E-state index in [1.54, 1.807) is 30.4 Å². The van der Waals surface area contributed by atoms with Crippen LogP contribution in [0.2, 0.25) is 0 Å². The minimum atomic E-state index is -1.39. The van der Waals surface area contributed by atoms with Crippen molar-refractivity contribution in [2.75, 3.05) is 0 Å². The first-order chi connectivity index (χ1) is 7.63. The highest BCUT2D eigenvalue weighted by Crippen LogP contribution is 2.32. The first-order valence-corrected chi connectivity index (χ1v) is 5.61. The van der Waals surface area contributed by atoms with Gasteiger partial charge in [0.05, 0.1) is 12.0 Å². The topological polar surface area (TPSA) is 57.5 Å². The highest BCUT2D eigenvalue weighted by Gasteiger charge is 2.43. The van der Waals surface area contributed by atoms with E-state index in [9.17, 15) is 15.0 Å². The summed E-state index contributed by atoms with van der Waals surface area (Å²) in [4.78, 5) is 12.1. The molecule has 3 nitrogen and oxygen atoms in total. The number of Topliss-reactive ketones (excluding diaryl/α,β-unsaturated/α-hetero) is 1. The molecule has 16 heavy (non-hydrogen) atoms. The summed E-state index contributed by atoms with van der Waals surface area (Å²) in [5, 5.41) is 20.1. The fourth-order valence-corrected chi connectivity index (χ4v) is 2.31. The second-order valence-electron chi connectivity index (χ2n) is 4.41. The van der Waals surface area contributed by atoms with E-state index < -0.39 is 17.6 Å². The van der Waals surface area contributed by atoms with Crippen molar-refractivity contribution in [3.63, 3.8) is 0 Å². The van der Waals surface area contributed by atoms with Crippen molar-refractivity contribution in [3.05, 3.63) is 36.5 Å². The minimum Gasteiger partial charge on any atom is -0.388 e. The van der Waals surface area contributed by atoms with E-state index in [1.807, 2.05) is 0 Å². The number of hydrogen-bond acceptors (Lipinski definition) is 3. The van der Waals surface area contributed by atoms with Crippen molar-refractivity contribution in [1.82, 2.24) is 0 Å². The molecule has 1 saturated carbocycles. The fraction of sp³-hybridized carbons (Fsp3) is 0.462. The molecule has 86 valence electrons. The van der Waals surface area contributed by atoms with Crippen LogP contribution in [0.15, 0.2) is 36.5 Å². The van der Waals surface area contributed by atoms with Gasteiger partial charge in [-0.05, 0) is 25.3 Å². The van der Waals surface area contributed by atoms with Gasteiger partial charge < -0.3 is 10.2 Å². The van der Waals surface area contributed by atoms with Gasteiger partial charge in [0, 0.05) is 0 Å². The highest BCUT2D eigenvalue weighted by molar-refractivity contribution is 5.92. The van der Waals surface area contributed by atoms with Crippen molar-refractivity contribution in [1.29, 1.82) is 0 Å². The molecule has 0 saturated heterocycles. The molecule has 3 atom stereocenters. The van der Waals surface area contributed by atoms with Gasteiger partial charge in [0.1, 0.15) is 5.60 Å². The Morgan fingerprint density at radius 1 is 1.25 bits per heavy atom. The summed E-state index contributed by atoms with van der Waals surface area (Å²) in [6.07, 6.45) is 11.1. The third-order valence-corrected chi connectivity index (χ3v) is 3.26. The Morgan fingerprint density at radius 3 is 2.81 bits per heavy atom. The van der Waals surface area contributed by atoms with Crippen LogP contribution in [0.4, 0.5) is 0 Å². The zero-order valence-corrected chi connectivity index (χ0v) is 9.04. The standard InChI is InChI=1S/C13H16O3/c14-11-7-3-1-2-4-8-13(16)9-5-6-10(11)12(13)15/h1-4,7-8,10-11,14,16H,5-6,9H2/b2-1-,7-3-,8-4-. The third-order valence-electron chi connectivity index (χ3n) is 3.26. The van der Waals surface area contributed by atoms with Gasteiger partial charge in [-0.25, -0.2) is 0 Å². The lowest BCUT2D eigenvalue weighted by Crippen LogP contribution is -2.47. The second-order valence-corrected chi connectivity index (χ2v) is 4.41. The summed E-state index contributed by atoms with van der Waals surface area (Å²) in [6, 6.07) is 0. The van der Waals surface area contributed by atoms with Crippen molar-refractivity contribution in [2.24, 2.45) is 5.92 Å². The van der Waals surface area contributed by atoms with Gasteiger partial charge in [0.25, 0.3) is 0 Å². The molecule has 0 spiro atoms. The number of rotatable bonds is 0. The van der Waals surface area contributed by atoms with Crippen LogP contribution in [-0.4, -0.2) is 27.7 Å². The van der Waals surface area contributed by atoms with Crippen molar-refractivity contribution >= 4 is 5.78 Å². The molecule has 0 aromatic carbocycles. The predicted molar refractivity (Wildman–Crippen MR) is 60.7 cm³/mol. The van der Waals surface area contributed by atoms with Crippen LogP contribution in [0.25, 0.3) is 0 Å². The average molecular weight is 220 g/mol. The SMILES string of the molecule is O=C1C2CCCC1(O)\C=C/C=C\C=C/C2O. The molecule has 0 radical (unpaired) electrons. The Morgan fingerprint density at radius 2 is 2.00 bits per heavy atom. The summed E-state index contributed by atoms with van der Waals surface area (Å²) in [7, 11) is 0. The highest BCUT2D eigenvalue weighted by atomic mass is 16.3. The van der Waals surface area contributed by atoms with Gasteiger partial charge in [-0.15, -0.1) is 0 Å². The summed E-state index contributed by atoms with van der Waals surface area (Å²) in [5.41, 5.74) is -1.39. The second kappa shape index (κ2) is 4.36. The maximum atomic E-state index is 12.1. The van der Waals surface area contributed by atoms with Gasteiger partial charge in [-0.1, -0.05) is 30.4 Å². The number of allylic oxidation sites excluding steroid dienone is 4. The molecule has 2 rings (SSSR count). The van der Waals surface area contributed by atoms with E-state index in [0.29, 0.717) is 12.8 Å². The van der Waals surface area contributed by atoms with Crippen LogP contribution >= 0.6 is 0 Å². The third kappa shape index (κ3) is 2.01. The van der Waals surface area contributed by atoms with Gasteiger partial charge in [-0.2, -0.15) is 0 Å². The summed E-state index contributed by atoms with van der Waals surface area (Å²) >= 11 is 0. The summed E-state index contributed by atoms with van der Waals surface area (Å²) < 4.78 is 0. The lowest BCUT2D eigenvalue weighted by Gasteiger charge is -2.34. The molecule has 0 amide bonds. The Kier molecular flexibility index (Phi) is 3.08. The maximum absolute atomic E-state index is 12.1. The van der Waals surface area contributed by atoms with E-state index in [0.717, 1.165) is 6.42 Å². The molecule has 0 aliphatic heterocycles. The monoisotopic (exact) mass is 220 g/mol. The molecule has 3 heteroatoms. The zero-order valence-electron chi connectivity index (χ0n) is 9.04. The molecule has 0 heterocycles. The van der Waals surface area contributed by atoms with Gasteiger partial charge in [0.15, 0.2) is 5.78 Å². The van der Waals surface area contributed by atoms with Crippen LogP contribution < -0.4 is 0 Å². The van der Waals surface area contributed by atoms with Crippen LogP contribution in [0.1, 0.15) is 19.3 Å².